The van der Waals surface area contributed by atoms with E-state index in [2.05, 4.69) is 29.3 Å². The van der Waals surface area contributed by atoms with Gasteiger partial charge >= 0.3 is 0 Å². The molecular weight excluding hydrogens is 174 g/mol. The molecule has 78 valence electrons. The first-order valence-electron chi connectivity index (χ1n) is 5.48. The molecule has 0 saturated heterocycles. The zero-order valence-electron chi connectivity index (χ0n) is 9.01. The van der Waals surface area contributed by atoms with E-state index in [-0.39, 0.29) is 0 Å². The van der Waals surface area contributed by atoms with Crippen LogP contribution < -0.4 is 5.32 Å². The molecule has 1 aliphatic carbocycles. The van der Waals surface area contributed by atoms with E-state index >= 15 is 0 Å². The molecule has 3 nitrogen and oxygen atoms in total. The first kappa shape index (κ1) is 9.71. The van der Waals surface area contributed by atoms with Crippen LogP contribution in [0.3, 0.4) is 0 Å². The van der Waals surface area contributed by atoms with E-state index in [0.717, 1.165) is 6.04 Å². The predicted octanol–water partition coefficient (Wildman–Crippen LogP) is 1.96. The molecule has 1 aliphatic rings. The number of imidazole rings is 1. The average Bonchev–Trinajstić information content (AvgIpc) is 2.65. The Bertz CT molecular complexity index is 284. The molecule has 14 heavy (non-hydrogen) atoms. The monoisotopic (exact) mass is 193 g/mol. The van der Waals surface area contributed by atoms with Gasteiger partial charge < -0.3 is 10.3 Å². The van der Waals surface area contributed by atoms with Crippen molar-refractivity contribution in [3.63, 3.8) is 0 Å². The van der Waals surface area contributed by atoms with Crippen molar-refractivity contribution in [3.8, 4) is 0 Å². The van der Waals surface area contributed by atoms with Gasteiger partial charge in [-0.3, -0.25) is 0 Å². The van der Waals surface area contributed by atoms with Gasteiger partial charge in [-0.15, -0.1) is 0 Å². The van der Waals surface area contributed by atoms with Crippen LogP contribution in [0, 0.1) is 6.92 Å². The highest BCUT2D eigenvalue weighted by molar-refractivity contribution is 5.05. The van der Waals surface area contributed by atoms with Gasteiger partial charge in [-0.1, -0.05) is 0 Å². The molecule has 1 aromatic heterocycles. The fraction of sp³-hybridized carbons (Fsp3) is 0.727. The Morgan fingerprint density at radius 3 is 2.57 bits per heavy atom. The summed E-state index contributed by atoms with van der Waals surface area (Å²) in [6.07, 6.45) is 7.01. The third-order valence-corrected chi connectivity index (χ3v) is 3.24. The SMILES string of the molecule is CNC1CCC(c2ncc(C)[nH]2)CC1. The van der Waals surface area contributed by atoms with Crippen LogP contribution in [0.4, 0.5) is 0 Å². The van der Waals surface area contributed by atoms with Gasteiger partial charge in [0.05, 0.1) is 0 Å². The fourth-order valence-corrected chi connectivity index (χ4v) is 2.30. The van der Waals surface area contributed by atoms with Crippen molar-refractivity contribution in [1.82, 2.24) is 15.3 Å². The van der Waals surface area contributed by atoms with Gasteiger partial charge in [0, 0.05) is 23.9 Å². The number of hydrogen-bond donors (Lipinski definition) is 2. The molecule has 3 heteroatoms. The van der Waals surface area contributed by atoms with Crippen LogP contribution in [-0.4, -0.2) is 23.1 Å². The van der Waals surface area contributed by atoms with E-state index in [1.54, 1.807) is 0 Å². The molecule has 2 rings (SSSR count). The Morgan fingerprint density at radius 1 is 1.36 bits per heavy atom. The minimum Gasteiger partial charge on any atom is -0.346 e. The van der Waals surface area contributed by atoms with Gasteiger partial charge in [-0.2, -0.15) is 0 Å². The lowest BCUT2D eigenvalue weighted by Crippen LogP contribution is -2.29. The lowest BCUT2D eigenvalue weighted by Gasteiger charge is -2.26. The molecule has 1 aromatic rings. The summed E-state index contributed by atoms with van der Waals surface area (Å²) in [5, 5.41) is 3.35. The lowest BCUT2D eigenvalue weighted by molar-refractivity contribution is 0.351. The number of aryl methyl sites for hydroxylation is 1. The summed E-state index contributed by atoms with van der Waals surface area (Å²) in [5.41, 5.74) is 1.18. The summed E-state index contributed by atoms with van der Waals surface area (Å²) in [6, 6.07) is 0.724. The quantitative estimate of drug-likeness (QED) is 0.754. The minimum atomic E-state index is 0.660. The van der Waals surface area contributed by atoms with Crippen molar-refractivity contribution >= 4 is 0 Å². The first-order chi connectivity index (χ1) is 6.79. The van der Waals surface area contributed by atoms with Crippen LogP contribution in [-0.2, 0) is 0 Å². The summed E-state index contributed by atoms with van der Waals surface area (Å²) >= 11 is 0. The first-order valence-corrected chi connectivity index (χ1v) is 5.48. The zero-order chi connectivity index (χ0) is 9.97. The van der Waals surface area contributed by atoms with Crippen molar-refractivity contribution in [3.05, 3.63) is 17.7 Å². The third kappa shape index (κ3) is 1.98. The summed E-state index contributed by atoms with van der Waals surface area (Å²) < 4.78 is 0. The van der Waals surface area contributed by atoms with Crippen LogP contribution in [0.1, 0.15) is 43.1 Å². The summed E-state index contributed by atoms with van der Waals surface area (Å²) in [7, 11) is 2.06. The van der Waals surface area contributed by atoms with E-state index in [9.17, 15) is 0 Å². The molecule has 0 unspecified atom stereocenters. The summed E-state index contributed by atoms with van der Waals surface area (Å²) in [4.78, 5) is 7.76. The molecule has 1 saturated carbocycles. The molecule has 0 radical (unpaired) electrons. The highest BCUT2D eigenvalue weighted by Gasteiger charge is 2.22. The molecule has 0 amide bonds. The van der Waals surface area contributed by atoms with E-state index in [1.807, 2.05) is 6.20 Å². The van der Waals surface area contributed by atoms with Crippen LogP contribution in [0.15, 0.2) is 6.20 Å². The molecule has 0 spiro atoms. The van der Waals surface area contributed by atoms with Gasteiger partial charge in [0.2, 0.25) is 0 Å². The smallest absolute Gasteiger partial charge is 0.109 e. The van der Waals surface area contributed by atoms with Crippen LogP contribution in [0.25, 0.3) is 0 Å². The van der Waals surface area contributed by atoms with E-state index in [0.29, 0.717) is 5.92 Å². The maximum atomic E-state index is 4.41. The second-order valence-corrected chi connectivity index (χ2v) is 4.29. The average molecular weight is 193 g/mol. The summed E-state index contributed by atoms with van der Waals surface area (Å²) in [5.74, 6) is 1.85. The molecule has 0 bridgehead atoms. The number of aromatic nitrogens is 2. The molecule has 2 N–H and O–H groups in total. The van der Waals surface area contributed by atoms with Crippen molar-refractivity contribution in [1.29, 1.82) is 0 Å². The van der Waals surface area contributed by atoms with Crippen LogP contribution >= 0.6 is 0 Å². The Kier molecular flexibility index (Phi) is 2.87. The minimum absolute atomic E-state index is 0.660. The van der Waals surface area contributed by atoms with E-state index < -0.39 is 0 Å². The predicted molar refractivity (Wildman–Crippen MR) is 57.4 cm³/mol. The Balaban J connectivity index is 1.95. The number of hydrogen-bond acceptors (Lipinski definition) is 2. The van der Waals surface area contributed by atoms with Crippen LogP contribution in [0.5, 0.6) is 0 Å². The third-order valence-electron chi connectivity index (χ3n) is 3.24. The Labute approximate surface area is 85.3 Å². The van der Waals surface area contributed by atoms with Crippen molar-refractivity contribution in [2.45, 2.75) is 44.6 Å². The van der Waals surface area contributed by atoms with E-state index in [1.165, 1.54) is 37.2 Å². The summed E-state index contributed by atoms with van der Waals surface area (Å²) in [6.45, 7) is 2.07. The largest absolute Gasteiger partial charge is 0.346 e. The highest BCUT2D eigenvalue weighted by atomic mass is 14.9. The van der Waals surface area contributed by atoms with Crippen molar-refractivity contribution < 1.29 is 0 Å². The number of nitrogens with one attached hydrogen (secondary N) is 2. The highest BCUT2D eigenvalue weighted by Crippen LogP contribution is 2.30. The van der Waals surface area contributed by atoms with Gasteiger partial charge in [-0.25, -0.2) is 4.98 Å². The Morgan fingerprint density at radius 2 is 2.07 bits per heavy atom. The normalized spacial score (nSPS) is 27.9. The Hall–Kier alpha value is -0.830. The second-order valence-electron chi connectivity index (χ2n) is 4.29. The zero-order valence-corrected chi connectivity index (χ0v) is 9.01. The second kappa shape index (κ2) is 4.13. The number of aromatic amines is 1. The number of H-pyrrole nitrogens is 1. The number of nitrogens with zero attached hydrogens (tertiary/aromatic N) is 1. The molecular formula is C11H19N3. The molecule has 1 heterocycles. The van der Waals surface area contributed by atoms with Gasteiger partial charge in [0.25, 0.3) is 0 Å². The van der Waals surface area contributed by atoms with Gasteiger partial charge in [-0.05, 0) is 39.7 Å². The molecule has 0 atom stereocenters. The van der Waals surface area contributed by atoms with Crippen LogP contribution in [0.2, 0.25) is 0 Å². The van der Waals surface area contributed by atoms with E-state index in [4.69, 9.17) is 0 Å². The standard InChI is InChI=1S/C11H19N3/c1-8-7-13-11(14-8)9-3-5-10(12-2)6-4-9/h7,9-10,12H,3-6H2,1-2H3,(H,13,14). The van der Waals surface area contributed by atoms with Crippen molar-refractivity contribution in [2.24, 2.45) is 0 Å². The fourth-order valence-electron chi connectivity index (χ4n) is 2.30. The molecule has 1 fully saturated rings. The maximum absolute atomic E-state index is 4.41. The van der Waals surface area contributed by atoms with Crippen molar-refractivity contribution in [2.75, 3.05) is 7.05 Å². The molecule has 0 aliphatic heterocycles. The topological polar surface area (TPSA) is 40.7 Å². The lowest BCUT2D eigenvalue weighted by atomic mass is 9.86. The number of rotatable bonds is 2. The molecule has 0 aromatic carbocycles. The van der Waals surface area contributed by atoms with Gasteiger partial charge in [0.15, 0.2) is 0 Å². The maximum Gasteiger partial charge on any atom is 0.109 e. The van der Waals surface area contributed by atoms with Gasteiger partial charge in [0.1, 0.15) is 5.82 Å².